The number of hydrogen-bond acceptors (Lipinski definition) is 5. The second kappa shape index (κ2) is 10.4. The van der Waals surface area contributed by atoms with E-state index in [1.165, 1.54) is 0 Å². The summed E-state index contributed by atoms with van der Waals surface area (Å²) in [5, 5.41) is 2.96. The number of carbonyl (C=O) groups is 1. The number of benzene rings is 2. The topological polar surface area (TPSA) is 78.3 Å². The average Bonchev–Trinajstić information content (AvgIpc) is 3.20. The number of pyridine rings is 1. The zero-order valence-electron chi connectivity index (χ0n) is 18.0. The minimum Gasteiger partial charge on any atom is -0.497 e. The van der Waals surface area contributed by atoms with E-state index < -0.39 is 0 Å². The fourth-order valence-electron chi connectivity index (χ4n) is 3.53. The summed E-state index contributed by atoms with van der Waals surface area (Å²) in [4.78, 5) is 21.1. The lowest BCUT2D eigenvalue weighted by Gasteiger charge is -2.11. The lowest BCUT2D eigenvalue weighted by Crippen LogP contribution is -2.24. The third kappa shape index (κ3) is 5.24. The molecule has 164 valence electrons. The number of nitrogens with one attached hydrogen (secondary N) is 1. The summed E-state index contributed by atoms with van der Waals surface area (Å²) in [6.07, 6.45) is 5.04. The van der Waals surface area contributed by atoms with Crippen molar-refractivity contribution in [2.24, 2.45) is 0 Å². The predicted octanol–water partition coefficient (Wildman–Crippen LogP) is 4.23. The number of rotatable bonds is 10. The van der Waals surface area contributed by atoms with Gasteiger partial charge in [0.25, 0.3) is 5.91 Å². The van der Waals surface area contributed by atoms with E-state index in [2.05, 4.69) is 20.9 Å². The Hall–Kier alpha value is -3.87. The number of aromatic nitrogens is 3. The Labute approximate surface area is 187 Å². The molecule has 0 radical (unpaired) electrons. The van der Waals surface area contributed by atoms with Crippen molar-refractivity contribution in [3.63, 3.8) is 0 Å². The zero-order valence-corrected chi connectivity index (χ0v) is 18.0. The van der Waals surface area contributed by atoms with Crippen LogP contribution in [-0.4, -0.2) is 34.2 Å². The van der Waals surface area contributed by atoms with Gasteiger partial charge < -0.3 is 19.4 Å². The summed E-state index contributed by atoms with van der Waals surface area (Å²) in [6.45, 7) is 1.77. The number of para-hydroxylation sites is 2. The summed E-state index contributed by atoms with van der Waals surface area (Å²) in [5.41, 5.74) is 2.57. The Morgan fingerprint density at radius 3 is 2.66 bits per heavy atom. The molecule has 0 aliphatic rings. The van der Waals surface area contributed by atoms with Gasteiger partial charge in [0, 0.05) is 30.6 Å². The van der Waals surface area contributed by atoms with E-state index in [9.17, 15) is 4.79 Å². The first-order valence-corrected chi connectivity index (χ1v) is 10.6. The Kier molecular flexibility index (Phi) is 6.97. The Bertz CT molecular complexity index is 1170. The highest BCUT2D eigenvalue weighted by Gasteiger charge is 2.12. The molecular formula is C25H26N4O3. The van der Waals surface area contributed by atoms with Gasteiger partial charge in [-0.25, -0.2) is 4.98 Å². The van der Waals surface area contributed by atoms with Gasteiger partial charge in [0.05, 0.1) is 31.3 Å². The standard InChI is InChI=1S/C25H26N4O3/c1-31-20-7-6-8-21(17-20)32-16-5-4-15-29-23-10-3-2-9-22(23)28-24(29)18-27-25(30)19-11-13-26-14-12-19/h2-3,6-14,17H,4-5,15-16,18H2,1H3,(H,27,30). The van der Waals surface area contributed by atoms with Crippen molar-refractivity contribution >= 4 is 16.9 Å². The maximum absolute atomic E-state index is 12.4. The van der Waals surface area contributed by atoms with E-state index in [4.69, 9.17) is 14.5 Å². The van der Waals surface area contributed by atoms with Gasteiger partial charge in [-0.3, -0.25) is 9.78 Å². The van der Waals surface area contributed by atoms with E-state index in [0.29, 0.717) is 18.7 Å². The van der Waals surface area contributed by atoms with Crippen LogP contribution in [0.5, 0.6) is 11.5 Å². The van der Waals surface area contributed by atoms with Crippen LogP contribution in [0.3, 0.4) is 0 Å². The van der Waals surface area contributed by atoms with E-state index >= 15 is 0 Å². The van der Waals surface area contributed by atoms with Gasteiger partial charge in [-0.05, 0) is 49.2 Å². The smallest absolute Gasteiger partial charge is 0.251 e. The van der Waals surface area contributed by atoms with Crippen molar-refractivity contribution in [3.8, 4) is 11.5 Å². The lowest BCUT2D eigenvalue weighted by molar-refractivity contribution is 0.0949. The van der Waals surface area contributed by atoms with Crippen molar-refractivity contribution < 1.29 is 14.3 Å². The second-order valence-corrected chi connectivity index (χ2v) is 7.32. The number of unbranched alkanes of at least 4 members (excludes halogenated alkanes) is 1. The van der Waals surface area contributed by atoms with Gasteiger partial charge in [0.1, 0.15) is 17.3 Å². The van der Waals surface area contributed by atoms with Gasteiger partial charge in [0.15, 0.2) is 0 Å². The maximum Gasteiger partial charge on any atom is 0.251 e. The molecule has 7 heteroatoms. The number of imidazole rings is 1. The molecule has 0 fully saturated rings. The number of nitrogens with zero attached hydrogens (tertiary/aromatic N) is 3. The second-order valence-electron chi connectivity index (χ2n) is 7.32. The molecule has 4 rings (SSSR count). The lowest BCUT2D eigenvalue weighted by atomic mass is 10.2. The normalized spacial score (nSPS) is 10.8. The molecule has 2 heterocycles. The van der Waals surface area contributed by atoms with Crippen molar-refractivity contribution in [2.75, 3.05) is 13.7 Å². The maximum atomic E-state index is 12.4. The summed E-state index contributed by atoms with van der Waals surface area (Å²) >= 11 is 0. The third-order valence-electron chi connectivity index (χ3n) is 5.17. The molecule has 0 aliphatic heterocycles. The van der Waals surface area contributed by atoms with Gasteiger partial charge in [-0.1, -0.05) is 18.2 Å². The van der Waals surface area contributed by atoms with Crippen molar-refractivity contribution in [1.29, 1.82) is 0 Å². The quantitative estimate of drug-likeness (QED) is 0.381. The molecule has 0 unspecified atom stereocenters. The number of aryl methyl sites for hydroxylation is 1. The average molecular weight is 431 g/mol. The molecule has 2 aromatic heterocycles. The van der Waals surface area contributed by atoms with Crippen LogP contribution in [0.1, 0.15) is 29.0 Å². The number of amides is 1. The van der Waals surface area contributed by atoms with Crippen molar-refractivity contribution in [2.45, 2.75) is 25.9 Å². The molecule has 0 bridgehead atoms. The van der Waals surface area contributed by atoms with Crippen LogP contribution in [0, 0.1) is 0 Å². The number of carbonyl (C=O) groups excluding carboxylic acids is 1. The fraction of sp³-hybridized carbons (Fsp3) is 0.240. The Balaban J connectivity index is 1.36. The van der Waals surface area contributed by atoms with Crippen LogP contribution in [-0.2, 0) is 13.1 Å². The van der Waals surface area contributed by atoms with Gasteiger partial charge in [-0.15, -0.1) is 0 Å². The number of ether oxygens (including phenoxy) is 2. The summed E-state index contributed by atoms with van der Waals surface area (Å²) in [7, 11) is 1.64. The van der Waals surface area contributed by atoms with E-state index in [1.54, 1.807) is 31.6 Å². The highest BCUT2D eigenvalue weighted by atomic mass is 16.5. The van der Waals surface area contributed by atoms with Crippen LogP contribution in [0.4, 0.5) is 0 Å². The molecular weight excluding hydrogens is 404 g/mol. The zero-order chi connectivity index (χ0) is 22.2. The van der Waals surface area contributed by atoms with Gasteiger partial charge in [0.2, 0.25) is 0 Å². The highest BCUT2D eigenvalue weighted by Crippen LogP contribution is 2.20. The van der Waals surface area contributed by atoms with Crippen LogP contribution >= 0.6 is 0 Å². The molecule has 0 saturated carbocycles. The SMILES string of the molecule is COc1cccc(OCCCCn2c(CNC(=O)c3ccncc3)nc3ccccc32)c1. The molecule has 0 atom stereocenters. The largest absolute Gasteiger partial charge is 0.497 e. The van der Waals surface area contributed by atoms with E-state index in [-0.39, 0.29) is 5.91 Å². The first-order chi connectivity index (χ1) is 15.7. The van der Waals surface area contributed by atoms with Crippen LogP contribution in [0.15, 0.2) is 73.1 Å². The molecule has 2 aromatic carbocycles. The molecule has 1 N–H and O–H groups in total. The molecule has 4 aromatic rings. The van der Waals surface area contributed by atoms with Crippen LogP contribution in [0.25, 0.3) is 11.0 Å². The summed E-state index contributed by atoms with van der Waals surface area (Å²) in [5.74, 6) is 2.28. The van der Waals surface area contributed by atoms with Gasteiger partial charge in [-0.2, -0.15) is 0 Å². The minimum absolute atomic E-state index is 0.141. The van der Waals surface area contributed by atoms with Crippen molar-refractivity contribution in [3.05, 3.63) is 84.4 Å². The van der Waals surface area contributed by atoms with E-state index in [1.807, 2.05) is 42.5 Å². The summed E-state index contributed by atoms with van der Waals surface area (Å²) in [6, 6.07) is 19.0. The molecule has 7 nitrogen and oxygen atoms in total. The van der Waals surface area contributed by atoms with Crippen LogP contribution in [0.2, 0.25) is 0 Å². The van der Waals surface area contributed by atoms with Crippen molar-refractivity contribution in [1.82, 2.24) is 19.9 Å². The first kappa shape index (κ1) is 21.4. The minimum atomic E-state index is -0.141. The number of fused-ring (bicyclic) bond motifs is 1. The van der Waals surface area contributed by atoms with E-state index in [0.717, 1.165) is 47.7 Å². The Morgan fingerprint density at radius 1 is 1.00 bits per heavy atom. The predicted molar refractivity (Wildman–Crippen MR) is 123 cm³/mol. The molecule has 0 spiro atoms. The highest BCUT2D eigenvalue weighted by molar-refractivity contribution is 5.93. The third-order valence-corrected chi connectivity index (χ3v) is 5.17. The molecule has 0 aliphatic carbocycles. The Morgan fingerprint density at radius 2 is 1.81 bits per heavy atom. The number of hydrogen-bond donors (Lipinski definition) is 1. The molecule has 1 amide bonds. The molecule has 32 heavy (non-hydrogen) atoms. The summed E-state index contributed by atoms with van der Waals surface area (Å²) < 4.78 is 13.3. The van der Waals surface area contributed by atoms with Gasteiger partial charge >= 0.3 is 0 Å². The molecule has 0 saturated heterocycles. The number of methoxy groups -OCH3 is 1. The monoisotopic (exact) mass is 430 g/mol. The fourth-order valence-corrected chi connectivity index (χ4v) is 3.53. The first-order valence-electron chi connectivity index (χ1n) is 10.6. The van der Waals surface area contributed by atoms with Crippen LogP contribution < -0.4 is 14.8 Å².